The summed E-state index contributed by atoms with van der Waals surface area (Å²) in [6, 6.07) is 20.8. The van der Waals surface area contributed by atoms with Crippen LogP contribution in [0.1, 0.15) is 36.5 Å². The van der Waals surface area contributed by atoms with Crippen LogP contribution in [0.5, 0.6) is 11.5 Å². The molecule has 0 atom stereocenters. The van der Waals surface area contributed by atoms with E-state index >= 15 is 0 Å². The van der Waals surface area contributed by atoms with Crippen LogP contribution in [0.4, 0.5) is 5.69 Å². The number of nitrogens with zero attached hydrogens (tertiary/aromatic N) is 2. The van der Waals surface area contributed by atoms with Gasteiger partial charge in [0.1, 0.15) is 11.7 Å². The van der Waals surface area contributed by atoms with Crippen LogP contribution in [0.25, 0.3) is 0 Å². The van der Waals surface area contributed by atoms with E-state index in [1.165, 1.54) is 0 Å². The van der Waals surface area contributed by atoms with Gasteiger partial charge in [0.05, 0.1) is 25.6 Å². The van der Waals surface area contributed by atoms with Crippen molar-refractivity contribution in [3.63, 3.8) is 0 Å². The second-order valence-corrected chi connectivity index (χ2v) is 8.43. The first-order chi connectivity index (χ1) is 16.9. The molecule has 6 nitrogen and oxygen atoms in total. The number of methoxy groups -OCH3 is 2. The number of aliphatic imine (C=N–C) groups is 1. The first-order valence-corrected chi connectivity index (χ1v) is 11.7. The molecular weight excluding hydrogens is 460 g/mol. The van der Waals surface area contributed by atoms with Gasteiger partial charge in [-0.2, -0.15) is 0 Å². The average Bonchev–Trinajstić information content (AvgIpc) is 2.88. The summed E-state index contributed by atoms with van der Waals surface area (Å²) in [5.74, 6) is 2.51. The van der Waals surface area contributed by atoms with Gasteiger partial charge in [-0.1, -0.05) is 48.0 Å². The Morgan fingerprint density at radius 1 is 0.943 bits per heavy atom. The Balaban J connectivity index is 1.82. The average molecular weight is 491 g/mol. The molecule has 35 heavy (non-hydrogen) atoms. The minimum atomic E-state index is 0.365. The molecule has 0 aliphatic rings. The highest BCUT2D eigenvalue weighted by atomic mass is 35.5. The van der Waals surface area contributed by atoms with Crippen molar-refractivity contribution in [2.45, 2.75) is 26.2 Å². The van der Waals surface area contributed by atoms with Gasteiger partial charge >= 0.3 is 0 Å². The van der Waals surface area contributed by atoms with Gasteiger partial charge in [-0.05, 0) is 55.7 Å². The fraction of sp³-hybridized carbons (Fsp3) is 0.250. The predicted molar refractivity (Wildman–Crippen MR) is 146 cm³/mol. The van der Waals surface area contributed by atoms with E-state index < -0.39 is 0 Å². The molecular formula is C28H31ClN4O2. The number of ether oxygens (including phenoxy) is 2. The molecule has 182 valence electrons. The second kappa shape index (κ2) is 12.2. The van der Waals surface area contributed by atoms with Gasteiger partial charge in [-0.25, -0.2) is 0 Å². The summed E-state index contributed by atoms with van der Waals surface area (Å²) in [7, 11) is 4.96. The van der Waals surface area contributed by atoms with Crippen LogP contribution >= 0.6 is 11.6 Å². The molecule has 0 fully saturated rings. The van der Waals surface area contributed by atoms with Crippen molar-refractivity contribution in [1.82, 2.24) is 0 Å². The van der Waals surface area contributed by atoms with Gasteiger partial charge in [0.25, 0.3) is 0 Å². The maximum absolute atomic E-state index is 8.91. The van der Waals surface area contributed by atoms with Crippen molar-refractivity contribution in [2.24, 2.45) is 4.99 Å². The zero-order valence-corrected chi connectivity index (χ0v) is 21.3. The summed E-state index contributed by atoms with van der Waals surface area (Å²) in [5, 5.41) is 18.4. The summed E-state index contributed by atoms with van der Waals surface area (Å²) < 4.78 is 10.7. The highest BCUT2D eigenvalue weighted by Gasteiger charge is 2.21. The summed E-state index contributed by atoms with van der Waals surface area (Å²) >= 11 is 6.04. The summed E-state index contributed by atoms with van der Waals surface area (Å²) in [6.45, 7) is 1.88. The standard InChI is InChI=1S/C28H31ClN4O2/c1-19(32-2)33(27(30)11-7-8-20-12-17-25(34-3)26(18-20)35-4)24-10-6-5-9-23(24)28(31)21-13-15-22(29)16-14-21/h5-6,9-10,12-18,30-31H,7-8,11H2,1-4H3. The molecule has 0 aromatic heterocycles. The molecule has 3 rings (SSSR count). The number of aryl methyl sites for hydroxylation is 1. The first kappa shape index (κ1) is 26.0. The van der Waals surface area contributed by atoms with Crippen LogP contribution in [0.3, 0.4) is 0 Å². The number of benzene rings is 3. The zero-order valence-electron chi connectivity index (χ0n) is 20.6. The van der Waals surface area contributed by atoms with E-state index in [0.717, 1.165) is 35.2 Å². The van der Waals surface area contributed by atoms with Crippen LogP contribution in [-0.2, 0) is 6.42 Å². The molecule has 3 aromatic carbocycles. The lowest BCUT2D eigenvalue weighted by molar-refractivity contribution is 0.354. The number of nitrogens with one attached hydrogen (secondary N) is 2. The Morgan fingerprint density at radius 3 is 2.29 bits per heavy atom. The molecule has 0 heterocycles. The maximum Gasteiger partial charge on any atom is 0.160 e. The molecule has 2 N–H and O–H groups in total. The van der Waals surface area contributed by atoms with E-state index in [9.17, 15) is 0 Å². The van der Waals surface area contributed by atoms with E-state index in [4.69, 9.17) is 31.9 Å². The molecule has 0 amide bonds. The highest BCUT2D eigenvalue weighted by molar-refractivity contribution is 6.30. The Kier molecular flexibility index (Phi) is 9.04. The number of rotatable bonds is 9. The summed E-state index contributed by atoms with van der Waals surface area (Å²) in [5.41, 5.74) is 3.72. The van der Waals surface area contributed by atoms with Crippen LogP contribution in [0.15, 0.2) is 71.7 Å². The molecule has 3 aromatic rings. The molecule has 0 bridgehead atoms. The number of para-hydroxylation sites is 1. The second-order valence-electron chi connectivity index (χ2n) is 7.99. The van der Waals surface area contributed by atoms with Crippen molar-refractivity contribution in [3.8, 4) is 11.5 Å². The third-order valence-corrected chi connectivity index (χ3v) is 6.04. The van der Waals surface area contributed by atoms with Gasteiger partial charge in [-0.3, -0.25) is 20.7 Å². The van der Waals surface area contributed by atoms with E-state index in [2.05, 4.69) is 4.99 Å². The van der Waals surface area contributed by atoms with Crippen LogP contribution in [0, 0.1) is 10.8 Å². The molecule has 0 saturated heterocycles. The third kappa shape index (κ3) is 6.28. The maximum atomic E-state index is 8.91. The van der Waals surface area contributed by atoms with Crippen molar-refractivity contribution in [1.29, 1.82) is 10.8 Å². The SMILES string of the molecule is CN=C(C)N(C(=N)CCCc1ccc(OC)c(OC)c1)c1ccccc1C(=N)c1ccc(Cl)cc1. The van der Waals surface area contributed by atoms with E-state index in [-0.39, 0.29) is 0 Å². The minimum Gasteiger partial charge on any atom is -0.493 e. The summed E-state index contributed by atoms with van der Waals surface area (Å²) in [6.07, 6.45) is 2.11. The van der Waals surface area contributed by atoms with E-state index in [0.29, 0.717) is 40.3 Å². The van der Waals surface area contributed by atoms with E-state index in [1.54, 1.807) is 33.4 Å². The first-order valence-electron chi connectivity index (χ1n) is 11.3. The number of hydrogen-bond acceptors (Lipinski definition) is 5. The lowest BCUT2D eigenvalue weighted by Gasteiger charge is -2.27. The van der Waals surface area contributed by atoms with Crippen molar-refractivity contribution >= 4 is 34.7 Å². The fourth-order valence-electron chi connectivity index (χ4n) is 3.88. The topological polar surface area (TPSA) is 81.8 Å². The lowest BCUT2D eigenvalue weighted by Crippen LogP contribution is -2.36. The van der Waals surface area contributed by atoms with Gasteiger partial charge in [0.15, 0.2) is 11.5 Å². The largest absolute Gasteiger partial charge is 0.493 e. The summed E-state index contributed by atoms with van der Waals surface area (Å²) in [4.78, 5) is 6.19. The van der Waals surface area contributed by atoms with Crippen molar-refractivity contribution < 1.29 is 9.47 Å². The molecule has 0 unspecified atom stereocenters. The van der Waals surface area contributed by atoms with Crippen molar-refractivity contribution in [2.75, 3.05) is 26.2 Å². The number of hydrogen-bond donors (Lipinski definition) is 2. The Labute approximate surface area is 212 Å². The highest BCUT2D eigenvalue weighted by Crippen LogP contribution is 2.29. The van der Waals surface area contributed by atoms with Crippen LogP contribution < -0.4 is 14.4 Å². The monoisotopic (exact) mass is 490 g/mol. The van der Waals surface area contributed by atoms with Crippen molar-refractivity contribution in [3.05, 3.63) is 88.4 Å². The van der Waals surface area contributed by atoms with E-state index in [1.807, 2.05) is 66.4 Å². The van der Waals surface area contributed by atoms with Crippen LogP contribution in [-0.4, -0.2) is 38.7 Å². The zero-order chi connectivity index (χ0) is 25.4. The minimum absolute atomic E-state index is 0.365. The quantitative estimate of drug-likeness (QED) is 0.261. The third-order valence-electron chi connectivity index (χ3n) is 5.79. The predicted octanol–water partition coefficient (Wildman–Crippen LogP) is 6.63. The number of amidine groups is 2. The lowest BCUT2D eigenvalue weighted by atomic mass is 9.99. The molecule has 0 aliphatic carbocycles. The fourth-order valence-corrected chi connectivity index (χ4v) is 4.00. The molecule has 0 aliphatic heterocycles. The number of halogens is 1. The molecule has 0 spiro atoms. The van der Waals surface area contributed by atoms with Crippen LogP contribution in [0.2, 0.25) is 5.02 Å². The van der Waals surface area contributed by atoms with Gasteiger partial charge in [0.2, 0.25) is 0 Å². The molecule has 0 saturated carbocycles. The van der Waals surface area contributed by atoms with Gasteiger partial charge in [0, 0.05) is 29.6 Å². The van der Waals surface area contributed by atoms with Gasteiger partial charge < -0.3 is 9.47 Å². The molecule has 7 heteroatoms. The molecule has 0 radical (unpaired) electrons. The van der Waals surface area contributed by atoms with Gasteiger partial charge in [-0.15, -0.1) is 0 Å². The normalized spacial score (nSPS) is 11.2. The Morgan fingerprint density at radius 2 is 1.63 bits per heavy atom. The number of anilines is 1. The smallest absolute Gasteiger partial charge is 0.160 e. The Hall–Kier alpha value is -3.64. The Bertz CT molecular complexity index is 1220.